The lowest BCUT2D eigenvalue weighted by Crippen LogP contribution is -2.39. The SMILES string of the molecule is CCOC(=O)C1=C(C)N=c2sc(=Cc3cn(CC)c4ccccc34)c(=O)n2C1c1ccc(C)cc1. The van der Waals surface area contributed by atoms with Crippen molar-refractivity contribution in [3.63, 3.8) is 0 Å². The Morgan fingerprint density at radius 1 is 1.11 bits per heavy atom. The molecule has 4 aromatic rings. The average molecular weight is 486 g/mol. The van der Waals surface area contributed by atoms with Crippen molar-refractivity contribution in [2.75, 3.05) is 6.61 Å². The monoisotopic (exact) mass is 485 g/mol. The van der Waals surface area contributed by atoms with E-state index in [9.17, 15) is 9.59 Å². The number of fused-ring (bicyclic) bond motifs is 2. The minimum Gasteiger partial charge on any atom is -0.463 e. The molecule has 0 saturated carbocycles. The van der Waals surface area contributed by atoms with Crippen LogP contribution in [0.15, 0.2) is 75.8 Å². The van der Waals surface area contributed by atoms with Crippen LogP contribution in [-0.2, 0) is 16.1 Å². The van der Waals surface area contributed by atoms with Gasteiger partial charge in [-0.05, 0) is 45.4 Å². The second-order valence-corrected chi connectivity index (χ2v) is 9.61. The molecular weight excluding hydrogens is 458 g/mol. The Labute approximate surface area is 207 Å². The summed E-state index contributed by atoms with van der Waals surface area (Å²) in [6, 6.07) is 15.5. The Balaban J connectivity index is 1.75. The van der Waals surface area contributed by atoms with Gasteiger partial charge in [0, 0.05) is 29.2 Å². The number of rotatable bonds is 5. The molecule has 5 rings (SSSR count). The maximum absolute atomic E-state index is 13.8. The van der Waals surface area contributed by atoms with Crippen molar-refractivity contribution >= 4 is 34.3 Å². The molecule has 0 fully saturated rings. The molecule has 0 spiro atoms. The van der Waals surface area contributed by atoms with E-state index in [0.29, 0.717) is 20.6 Å². The normalized spacial score (nSPS) is 15.9. The van der Waals surface area contributed by atoms with E-state index in [2.05, 4.69) is 34.8 Å². The predicted molar refractivity (Wildman–Crippen MR) is 139 cm³/mol. The fraction of sp³-hybridized carbons (Fsp3) is 0.250. The summed E-state index contributed by atoms with van der Waals surface area (Å²) in [5, 5.41) is 1.10. The van der Waals surface area contributed by atoms with Crippen LogP contribution in [0.2, 0.25) is 0 Å². The zero-order valence-corrected chi connectivity index (χ0v) is 21.1. The van der Waals surface area contributed by atoms with Crippen LogP contribution in [0.3, 0.4) is 0 Å². The zero-order chi connectivity index (χ0) is 24.7. The van der Waals surface area contributed by atoms with E-state index >= 15 is 0 Å². The number of allylic oxidation sites excluding steroid dienone is 1. The quantitative estimate of drug-likeness (QED) is 0.400. The first-order valence-corrected chi connectivity index (χ1v) is 12.6. The van der Waals surface area contributed by atoms with Crippen LogP contribution in [0.1, 0.15) is 43.5 Å². The van der Waals surface area contributed by atoms with E-state index in [1.807, 2.05) is 49.4 Å². The van der Waals surface area contributed by atoms with Crippen LogP contribution in [0, 0.1) is 6.92 Å². The van der Waals surface area contributed by atoms with Gasteiger partial charge >= 0.3 is 5.97 Å². The molecule has 1 aliphatic rings. The molecule has 0 radical (unpaired) electrons. The summed E-state index contributed by atoms with van der Waals surface area (Å²) in [6.45, 7) is 8.78. The van der Waals surface area contributed by atoms with Gasteiger partial charge in [0.05, 0.1) is 28.5 Å². The first-order valence-electron chi connectivity index (χ1n) is 11.8. The molecule has 0 bridgehead atoms. The molecule has 0 N–H and O–H groups in total. The lowest BCUT2D eigenvalue weighted by atomic mass is 9.95. The van der Waals surface area contributed by atoms with Gasteiger partial charge in [0.1, 0.15) is 0 Å². The molecule has 1 atom stereocenters. The molecule has 7 heteroatoms. The Morgan fingerprint density at radius 3 is 2.57 bits per heavy atom. The van der Waals surface area contributed by atoms with Crippen LogP contribution in [0.25, 0.3) is 17.0 Å². The number of para-hydroxylation sites is 1. The number of aryl methyl sites for hydroxylation is 2. The minimum absolute atomic E-state index is 0.165. The molecule has 3 heterocycles. The lowest BCUT2D eigenvalue weighted by molar-refractivity contribution is -0.139. The second kappa shape index (κ2) is 9.15. The number of hydrogen-bond acceptors (Lipinski definition) is 5. The summed E-state index contributed by atoms with van der Waals surface area (Å²) in [5.41, 5.74) is 4.88. The van der Waals surface area contributed by atoms with Gasteiger partial charge in [0.15, 0.2) is 4.80 Å². The molecule has 6 nitrogen and oxygen atoms in total. The van der Waals surface area contributed by atoms with E-state index in [1.54, 1.807) is 18.4 Å². The number of ether oxygens (including phenoxy) is 1. The third kappa shape index (κ3) is 3.96. The van der Waals surface area contributed by atoms with Crippen LogP contribution in [0.4, 0.5) is 0 Å². The van der Waals surface area contributed by atoms with Gasteiger partial charge in [-0.1, -0.05) is 59.4 Å². The number of thiazole rings is 1. The van der Waals surface area contributed by atoms with Crippen molar-refractivity contribution in [2.24, 2.45) is 4.99 Å². The number of carbonyl (C=O) groups excluding carboxylic acids is 1. The Hall–Kier alpha value is -3.71. The first kappa shape index (κ1) is 23.1. The third-order valence-corrected chi connectivity index (χ3v) is 7.34. The lowest BCUT2D eigenvalue weighted by Gasteiger charge is -2.24. The number of hydrogen-bond donors (Lipinski definition) is 0. The maximum Gasteiger partial charge on any atom is 0.338 e. The minimum atomic E-state index is -0.593. The van der Waals surface area contributed by atoms with Crippen LogP contribution in [0.5, 0.6) is 0 Å². The molecule has 35 heavy (non-hydrogen) atoms. The number of aromatic nitrogens is 2. The summed E-state index contributed by atoms with van der Waals surface area (Å²) < 4.78 is 9.77. The fourth-order valence-electron chi connectivity index (χ4n) is 4.65. The number of benzene rings is 2. The number of esters is 1. The van der Waals surface area contributed by atoms with Gasteiger partial charge < -0.3 is 9.30 Å². The van der Waals surface area contributed by atoms with Gasteiger partial charge in [0.25, 0.3) is 5.56 Å². The predicted octanol–water partition coefficient (Wildman–Crippen LogP) is 4.08. The van der Waals surface area contributed by atoms with Crippen molar-refractivity contribution in [3.8, 4) is 0 Å². The van der Waals surface area contributed by atoms with E-state index in [0.717, 1.165) is 34.1 Å². The summed E-state index contributed by atoms with van der Waals surface area (Å²) in [5.74, 6) is -0.445. The molecule has 178 valence electrons. The number of carbonyl (C=O) groups is 1. The average Bonchev–Trinajstić information content (AvgIpc) is 3.36. The van der Waals surface area contributed by atoms with E-state index < -0.39 is 12.0 Å². The van der Waals surface area contributed by atoms with Gasteiger partial charge in [-0.3, -0.25) is 9.36 Å². The van der Waals surface area contributed by atoms with Crippen molar-refractivity contribution in [2.45, 2.75) is 40.3 Å². The van der Waals surface area contributed by atoms with E-state index in [1.165, 1.54) is 11.3 Å². The highest BCUT2D eigenvalue weighted by atomic mass is 32.1. The zero-order valence-electron chi connectivity index (χ0n) is 20.2. The fourth-order valence-corrected chi connectivity index (χ4v) is 5.69. The molecule has 1 unspecified atom stereocenters. The highest BCUT2D eigenvalue weighted by molar-refractivity contribution is 7.07. The first-order chi connectivity index (χ1) is 16.9. The molecule has 2 aromatic carbocycles. The summed E-state index contributed by atoms with van der Waals surface area (Å²) in [7, 11) is 0. The van der Waals surface area contributed by atoms with Crippen LogP contribution >= 0.6 is 11.3 Å². The molecule has 2 aromatic heterocycles. The van der Waals surface area contributed by atoms with Gasteiger partial charge in [0.2, 0.25) is 0 Å². The highest BCUT2D eigenvalue weighted by Gasteiger charge is 2.33. The Bertz CT molecular complexity index is 1650. The Kier molecular flexibility index (Phi) is 6.03. The van der Waals surface area contributed by atoms with Crippen LogP contribution < -0.4 is 14.9 Å². The second-order valence-electron chi connectivity index (χ2n) is 8.60. The highest BCUT2D eigenvalue weighted by Crippen LogP contribution is 2.31. The van der Waals surface area contributed by atoms with Gasteiger partial charge in [-0.15, -0.1) is 0 Å². The summed E-state index contributed by atoms with van der Waals surface area (Å²) in [4.78, 5) is 32.1. The molecule has 0 amide bonds. The summed E-state index contributed by atoms with van der Waals surface area (Å²) in [6.07, 6.45) is 4.02. The number of nitrogens with zero attached hydrogens (tertiary/aromatic N) is 3. The molecule has 1 aliphatic heterocycles. The maximum atomic E-state index is 13.8. The smallest absolute Gasteiger partial charge is 0.338 e. The van der Waals surface area contributed by atoms with Crippen molar-refractivity contribution in [3.05, 3.63) is 102 Å². The van der Waals surface area contributed by atoms with Crippen molar-refractivity contribution in [1.82, 2.24) is 9.13 Å². The van der Waals surface area contributed by atoms with Gasteiger partial charge in [-0.25, -0.2) is 9.79 Å². The van der Waals surface area contributed by atoms with Gasteiger partial charge in [-0.2, -0.15) is 0 Å². The Morgan fingerprint density at radius 2 is 1.86 bits per heavy atom. The topological polar surface area (TPSA) is 65.6 Å². The molecular formula is C28H27N3O3S. The third-order valence-electron chi connectivity index (χ3n) is 6.36. The largest absolute Gasteiger partial charge is 0.463 e. The summed E-state index contributed by atoms with van der Waals surface area (Å²) >= 11 is 1.35. The standard InChI is InChI=1S/C28H27N3O3S/c1-5-30-16-20(21-9-7-8-10-22(21)30)15-23-26(32)31-25(19-13-11-17(3)12-14-19)24(27(33)34-6-2)18(4)29-28(31)35-23/h7-16,25H,5-6H2,1-4H3. The van der Waals surface area contributed by atoms with Crippen molar-refractivity contribution < 1.29 is 9.53 Å². The molecule has 0 saturated heterocycles. The van der Waals surface area contributed by atoms with Crippen molar-refractivity contribution in [1.29, 1.82) is 0 Å². The van der Waals surface area contributed by atoms with E-state index in [4.69, 9.17) is 4.74 Å². The molecule has 0 aliphatic carbocycles. The van der Waals surface area contributed by atoms with Crippen LogP contribution in [-0.4, -0.2) is 21.7 Å². The van der Waals surface area contributed by atoms with E-state index in [-0.39, 0.29) is 12.2 Å².